The molecule has 4 rings (SSSR count). The summed E-state index contributed by atoms with van der Waals surface area (Å²) in [5, 5.41) is 12.0. The molecule has 3 aromatic carbocycles. The molecule has 0 aliphatic carbocycles. The SMILES string of the molecule is C[C@H](c1ccc(Cl)cc1)N1C(=O)c2cc(I)ccc2N(CCCCC(=O)[O-])C(=O)[C@H]1c1ccc(Cl)cc1. The largest absolute Gasteiger partial charge is 0.550 e. The topological polar surface area (TPSA) is 80.8 Å². The number of amides is 2. The molecule has 6 nitrogen and oxygen atoms in total. The zero-order chi connectivity index (χ0) is 26.7. The minimum absolute atomic E-state index is 0.0964. The summed E-state index contributed by atoms with van der Waals surface area (Å²) in [6, 6.07) is 18.2. The van der Waals surface area contributed by atoms with E-state index in [0.29, 0.717) is 39.7 Å². The zero-order valence-corrected chi connectivity index (χ0v) is 23.7. The van der Waals surface area contributed by atoms with Crippen molar-refractivity contribution in [3.8, 4) is 0 Å². The number of nitrogens with zero attached hydrogens (tertiary/aromatic N) is 2. The number of carboxylic acid groups (broad SMARTS) is 1. The van der Waals surface area contributed by atoms with Gasteiger partial charge in [-0.15, -0.1) is 0 Å². The third kappa shape index (κ3) is 6.10. The highest BCUT2D eigenvalue weighted by atomic mass is 127. The molecule has 0 saturated carbocycles. The van der Waals surface area contributed by atoms with E-state index >= 15 is 0 Å². The van der Waals surface area contributed by atoms with E-state index in [1.54, 1.807) is 58.3 Å². The lowest BCUT2D eigenvalue weighted by Crippen LogP contribution is -2.44. The summed E-state index contributed by atoms with van der Waals surface area (Å²) in [5.41, 5.74) is 2.39. The molecule has 192 valence electrons. The maximum absolute atomic E-state index is 14.3. The summed E-state index contributed by atoms with van der Waals surface area (Å²) in [7, 11) is 0. The normalized spacial score (nSPS) is 16.4. The average Bonchev–Trinajstić information content (AvgIpc) is 2.95. The third-order valence-corrected chi connectivity index (χ3v) is 7.64. The second kappa shape index (κ2) is 11.8. The summed E-state index contributed by atoms with van der Waals surface area (Å²) in [4.78, 5) is 42.7. The van der Waals surface area contributed by atoms with Gasteiger partial charge in [0.2, 0.25) is 0 Å². The number of benzene rings is 3. The number of hydrogen-bond donors (Lipinski definition) is 0. The Morgan fingerprint density at radius 1 is 0.973 bits per heavy atom. The van der Waals surface area contributed by atoms with Crippen LogP contribution < -0.4 is 10.0 Å². The van der Waals surface area contributed by atoms with Crippen molar-refractivity contribution in [2.45, 2.75) is 38.3 Å². The number of carbonyl (C=O) groups excluding carboxylic acids is 3. The number of anilines is 1. The van der Waals surface area contributed by atoms with Gasteiger partial charge in [0.05, 0.1) is 17.3 Å². The number of carboxylic acids is 1. The molecule has 0 aromatic heterocycles. The van der Waals surface area contributed by atoms with Gasteiger partial charge in [-0.3, -0.25) is 9.59 Å². The maximum atomic E-state index is 14.3. The van der Waals surface area contributed by atoms with Crippen molar-refractivity contribution in [1.29, 1.82) is 0 Å². The fourth-order valence-electron chi connectivity index (χ4n) is 4.58. The van der Waals surface area contributed by atoms with E-state index in [9.17, 15) is 19.5 Å². The number of halogens is 3. The zero-order valence-electron chi connectivity index (χ0n) is 20.0. The van der Waals surface area contributed by atoms with Gasteiger partial charge in [0.25, 0.3) is 11.8 Å². The summed E-state index contributed by atoms with van der Waals surface area (Å²) in [5.74, 6) is -1.68. The van der Waals surface area contributed by atoms with E-state index in [0.717, 1.165) is 9.13 Å². The van der Waals surface area contributed by atoms with E-state index in [-0.39, 0.29) is 24.8 Å². The molecule has 0 bridgehead atoms. The predicted octanol–water partition coefficient (Wildman–Crippen LogP) is 5.81. The Bertz CT molecular complexity index is 1310. The van der Waals surface area contributed by atoms with Gasteiger partial charge in [0.15, 0.2) is 0 Å². The molecular formula is C28H24Cl2IN2O4-. The summed E-state index contributed by atoms with van der Waals surface area (Å²) < 4.78 is 0.859. The van der Waals surface area contributed by atoms with Crippen LogP contribution in [0.5, 0.6) is 0 Å². The minimum atomic E-state index is -1.13. The second-order valence-electron chi connectivity index (χ2n) is 8.87. The molecule has 0 N–H and O–H groups in total. The molecule has 0 spiro atoms. The van der Waals surface area contributed by atoms with Crippen LogP contribution >= 0.6 is 45.8 Å². The fraction of sp³-hybridized carbons (Fsp3) is 0.250. The van der Waals surface area contributed by atoms with Crippen LogP contribution in [0.2, 0.25) is 10.0 Å². The van der Waals surface area contributed by atoms with E-state index in [2.05, 4.69) is 22.6 Å². The molecule has 37 heavy (non-hydrogen) atoms. The van der Waals surface area contributed by atoms with Crippen LogP contribution in [0.4, 0.5) is 5.69 Å². The quantitative estimate of drug-likeness (QED) is 0.228. The lowest BCUT2D eigenvalue weighted by atomic mass is 9.98. The molecule has 3 aromatic rings. The first-order chi connectivity index (χ1) is 17.7. The fourth-order valence-corrected chi connectivity index (χ4v) is 5.32. The summed E-state index contributed by atoms with van der Waals surface area (Å²) in [6.45, 7) is 2.15. The molecule has 2 atom stereocenters. The van der Waals surface area contributed by atoms with Gasteiger partial charge in [0.1, 0.15) is 6.04 Å². The Morgan fingerprint density at radius 3 is 2.22 bits per heavy atom. The van der Waals surface area contributed by atoms with Crippen molar-refractivity contribution < 1.29 is 19.5 Å². The van der Waals surface area contributed by atoms with Crippen LogP contribution in [0.25, 0.3) is 0 Å². The standard InChI is InChI=1S/C28H25Cl2IN2O4/c1-17(18-5-9-20(29)10-6-18)33-26(19-7-11-21(30)12-8-19)28(37)32(15-3-2-4-25(34)35)24-14-13-22(31)16-23(24)27(33)36/h5-14,16-17,26H,2-4,15H2,1H3,(H,34,35)/p-1/t17-,26-/m1/s1. The van der Waals surface area contributed by atoms with E-state index in [1.807, 2.05) is 25.1 Å². The lowest BCUT2D eigenvalue weighted by molar-refractivity contribution is -0.305. The first kappa shape index (κ1) is 27.4. The molecule has 1 aliphatic rings. The van der Waals surface area contributed by atoms with Gasteiger partial charge in [-0.2, -0.15) is 0 Å². The molecule has 2 amide bonds. The van der Waals surface area contributed by atoms with Crippen LogP contribution in [0.3, 0.4) is 0 Å². The van der Waals surface area contributed by atoms with Gasteiger partial charge in [-0.1, -0.05) is 47.5 Å². The molecule has 1 aliphatic heterocycles. The lowest BCUT2D eigenvalue weighted by Gasteiger charge is -2.36. The van der Waals surface area contributed by atoms with Crippen molar-refractivity contribution in [2.75, 3.05) is 11.4 Å². The van der Waals surface area contributed by atoms with E-state index in [4.69, 9.17) is 23.2 Å². The highest BCUT2D eigenvalue weighted by molar-refractivity contribution is 14.1. The smallest absolute Gasteiger partial charge is 0.257 e. The Hall–Kier alpha value is -2.62. The number of fused-ring (bicyclic) bond motifs is 1. The highest BCUT2D eigenvalue weighted by Crippen LogP contribution is 2.40. The Morgan fingerprint density at radius 2 is 1.59 bits per heavy atom. The van der Waals surface area contributed by atoms with Crippen molar-refractivity contribution in [3.63, 3.8) is 0 Å². The van der Waals surface area contributed by atoms with Crippen LogP contribution in [-0.4, -0.2) is 29.2 Å². The van der Waals surface area contributed by atoms with Crippen molar-refractivity contribution in [1.82, 2.24) is 4.90 Å². The second-order valence-corrected chi connectivity index (χ2v) is 11.0. The Balaban J connectivity index is 1.85. The van der Waals surface area contributed by atoms with Gasteiger partial charge in [-0.05, 0) is 102 Å². The monoisotopic (exact) mass is 649 g/mol. The molecule has 0 unspecified atom stereocenters. The van der Waals surface area contributed by atoms with Crippen LogP contribution in [0.1, 0.15) is 59.8 Å². The summed E-state index contributed by atoms with van der Waals surface area (Å²) in [6.07, 6.45) is 0.705. The van der Waals surface area contributed by atoms with Gasteiger partial charge in [-0.25, -0.2) is 0 Å². The molecular weight excluding hydrogens is 626 g/mol. The van der Waals surface area contributed by atoms with Gasteiger partial charge in [0, 0.05) is 26.1 Å². The molecule has 0 saturated heterocycles. The van der Waals surface area contributed by atoms with Crippen molar-refractivity contribution in [2.24, 2.45) is 0 Å². The Labute approximate surface area is 239 Å². The third-order valence-electron chi connectivity index (χ3n) is 6.46. The van der Waals surface area contributed by atoms with Crippen LogP contribution in [0.15, 0.2) is 66.7 Å². The molecule has 1 heterocycles. The predicted molar refractivity (Wildman–Crippen MR) is 151 cm³/mol. The minimum Gasteiger partial charge on any atom is -0.550 e. The van der Waals surface area contributed by atoms with Crippen molar-refractivity contribution in [3.05, 3.63) is 97.0 Å². The van der Waals surface area contributed by atoms with Crippen LogP contribution in [0, 0.1) is 3.57 Å². The maximum Gasteiger partial charge on any atom is 0.257 e. The highest BCUT2D eigenvalue weighted by Gasteiger charge is 2.42. The number of carbonyl (C=O) groups is 3. The number of rotatable bonds is 8. The summed E-state index contributed by atoms with van der Waals surface area (Å²) >= 11 is 14.4. The number of hydrogen-bond acceptors (Lipinski definition) is 4. The molecule has 0 fully saturated rings. The first-order valence-corrected chi connectivity index (χ1v) is 13.6. The van der Waals surface area contributed by atoms with E-state index < -0.39 is 18.1 Å². The van der Waals surface area contributed by atoms with Gasteiger partial charge < -0.3 is 19.7 Å². The van der Waals surface area contributed by atoms with Crippen LogP contribution in [-0.2, 0) is 9.59 Å². The average molecular weight is 650 g/mol. The van der Waals surface area contributed by atoms with Gasteiger partial charge >= 0.3 is 0 Å². The van der Waals surface area contributed by atoms with E-state index in [1.165, 1.54) is 0 Å². The Kier molecular flexibility index (Phi) is 8.77. The first-order valence-electron chi connectivity index (χ1n) is 11.8. The molecule has 0 radical (unpaired) electrons. The molecule has 9 heteroatoms. The van der Waals surface area contributed by atoms with Crippen molar-refractivity contribution >= 4 is 69.3 Å². The number of unbranched alkanes of at least 4 members (excludes halogenated alkanes) is 1. The number of aliphatic carboxylic acids is 1.